The molecule has 3 heteroatoms. The van der Waals surface area contributed by atoms with Crippen LogP contribution in [0.1, 0.15) is 47.5 Å². The minimum Gasteiger partial charge on any atom is -0.457 e. The SMILES string of the molecule is C=C/C=C/CC1=C(C)[C@H](OC(=O)[C@@H]2[C@@H](C=C(C)C)C2(C)C)CC1=O. The fourth-order valence-corrected chi connectivity index (χ4v) is 3.56. The van der Waals surface area contributed by atoms with Gasteiger partial charge in [-0.2, -0.15) is 0 Å². The third kappa shape index (κ3) is 3.61. The summed E-state index contributed by atoms with van der Waals surface area (Å²) >= 11 is 0. The fraction of sp³-hybridized carbons (Fsp3) is 0.524. The van der Waals surface area contributed by atoms with E-state index in [1.807, 2.05) is 32.9 Å². The number of Topliss-reactive ketones (excluding diaryl/α,β-unsaturated/α-hetero) is 1. The van der Waals surface area contributed by atoms with Crippen molar-refractivity contribution in [3.63, 3.8) is 0 Å². The Morgan fingerprint density at radius 1 is 1.38 bits per heavy atom. The Balaban J connectivity index is 2.05. The molecule has 1 saturated carbocycles. The van der Waals surface area contributed by atoms with Crippen LogP contribution in [0, 0.1) is 17.3 Å². The van der Waals surface area contributed by atoms with E-state index >= 15 is 0 Å². The van der Waals surface area contributed by atoms with E-state index in [0.717, 1.165) is 11.1 Å². The molecule has 24 heavy (non-hydrogen) atoms. The van der Waals surface area contributed by atoms with E-state index in [0.29, 0.717) is 6.42 Å². The first-order valence-electron chi connectivity index (χ1n) is 8.56. The summed E-state index contributed by atoms with van der Waals surface area (Å²) in [6.45, 7) is 13.8. The quantitative estimate of drug-likeness (QED) is 0.408. The highest BCUT2D eigenvalue weighted by atomic mass is 16.5. The van der Waals surface area contributed by atoms with E-state index in [9.17, 15) is 9.59 Å². The molecule has 2 aliphatic carbocycles. The Kier molecular flexibility index (Phi) is 5.32. The first-order valence-corrected chi connectivity index (χ1v) is 8.56. The van der Waals surface area contributed by atoms with Crippen LogP contribution in [0.15, 0.2) is 47.6 Å². The number of ketones is 1. The van der Waals surface area contributed by atoms with Gasteiger partial charge in [0.25, 0.3) is 0 Å². The van der Waals surface area contributed by atoms with Crippen LogP contribution in [-0.4, -0.2) is 17.9 Å². The van der Waals surface area contributed by atoms with Crippen LogP contribution in [0.3, 0.4) is 0 Å². The van der Waals surface area contributed by atoms with Gasteiger partial charge >= 0.3 is 5.97 Å². The Bertz CT molecular complexity index is 642. The second-order valence-corrected chi connectivity index (χ2v) is 7.65. The van der Waals surface area contributed by atoms with Gasteiger partial charge in [0.15, 0.2) is 5.78 Å². The lowest BCUT2D eigenvalue weighted by atomic mass is 10.1. The number of ether oxygens (including phenoxy) is 1. The van der Waals surface area contributed by atoms with Gasteiger partial charge in [0.1, 0.15) is 6.10 Å². The van der Waals surface area contributed by atoms with Crippen molar-refractivity contribution in [1.82, 2.24) is 0 Å². The van der Waals surface area contributed by atoms with E-state index in [4.69, 9.17) is 4.74 Å². The number of hydrogen-bond acceptors (Lipinski definition) is 3. The van der Waals surface area contributed by atoms with E-state index in [2.05, 4.69) is 26.5 Å². The normalized spacial score (nSPS) is 28.2. The summed E-state index contributed by atoms with van der Waals surface area (Å²) in [6, 6.07) is 0. The molecule has 0 amide bonds. The number of esters is 1. The van der Waals surface area contributed by atoms with Crippen LogP contribution in [-0.2, 0) is 14.3 Å². The van der Waals surface area contributed by atoms with Gasteiger partial charge in [-0.3, -0.25) is 9.59 Å². The maximum Gasteiger partial charge on any atom is 0.310 e. The minimum absolute atomic E-state index is 0.0654. The number of carbonyl (C=O) groups excluding carboxylic acids is 2. The fourth-order valence-electron chi connectivity index (χ4n) is 3.56. The average Bonchev–Trinajstić information content (AvgIpc) is 2.90. The first-order chi connectivity index (χ1) is 11.2. The molecule has 0 unspecified atom stereocenters. The summed E-state index contributed by atoms with van der Waals surface area (Å²) in [6.07, 6.45) is 8.01. The van der Waals surface area contributed by atoms with E-state index < -0.39 is 6.10 Å². The zero-order chi connectivity index (χ0) is 18.1. The highest BCUT2D eigenvalue weighted by molar-refractivity contribution is 6.00. The molecule has 3 nitrogen and oxygen atoms in total. The molecule has 2 aliphatic rings. The molecule has 2 rings (SSSR count). The summed E-state index contributed by atoms with van der Waals surface area (Å²) in [5, 5.41) is 0. The van der Waals surface area contributed by atoms with Crippen molar-refractivity contribution >= 4 is 11.8 Å². The standard InChI is InChI=1S/C21H28O3/c1-7-8-9-10-15-14(4)18(12-17(15)22)24-20(23)19-16(11-13(2)3)21(19,5)6/h7-9,11,16,18-19H,1,10,12H2,2-6H3/b9-8+/t16-,18-,19+/m1/s1. The van der Waals surface area contributed by atoms with Crippen molar-refractivity contribution in [1.29, 1.82) is 0 Å². The second-order valence-electron chi connectivity index (χ2n) is 7.65. The van der Waals surface area contributed by atoms with Gasteiger partial charge < -0.3 is 4.74 Å². The van der Waals surface area contributed by atoms with Gasteiger partial charge in [-0.15, -0.1) is 0 Å². The van der Waals surface area contributed by atoms with Crippen LogP contribution in [0.2, 0.25) is 0 Å². The molecule has 0 heterocycles. The lowest BCUT2D eigenvalue weighted by Crippen LogP contribution is -2.20. The van der Waals surface area contributed by atoms with E-state index in [-0.39, 0.29) is 35.4 Å². The van der Waals surface area contributed by atoms with Crippen LogP contribution in [0.25, 0.3) is 0 Å². The van der Waals surface area contributed by atoms with Crippen molar-refractivity contribution in [2.24, 2.45) is 17.3 Å². The Morgan fingerprint density at radius 2 is 2.04 bits per heavy atom. The van der Waals surface area contributed by atoms with Gasteiger partial charge in [-0.1, -0.05) is 50.3 Å². The van der Waals surface area contributed by atoms with Crippen molar-refractivity contribution in [3.8, 4) is 0 Å². The summed E-state index contributed by atoms with van der Waals surface area (Å²) in [7, 11) is 0. The van der Waals surface area contributed by atoms with Crippen LogP contribution >= 0.6 is 0 Å². The average molecular weight is 328 g/mol. The molecule has 0 bridgehead atoms. The number of rotatable bonds is 6. The number of hydrogen-bond donors (Lipinski definition) is 0. The first kappa shape index (κ1) is 18.4. The molecule has 3 atom stereocenters. The number of allylic oxidation sites excluding steroid dienone is 6. The molecular formula is C21H28O3. The van der Waals surface area contributed by atoms with Crippen molar-refractivity contribution in [2.75, 3.05) is 0 Å². The molecule has 0 aliphatic heterocycles. The summed E-state index contributed by atoms with van der Waals surface area (Å²) in [4.78, 5) is 24.8. The molecule has 0 aromatic heterocycles. The predicted molar refractivity (Wildman–Crippen MR) is 96.4 cm³/mol. The zero-order valence-electron chi connectivity index (χ0n) is 15.4. The molecular weight excluding hydrogens is 300 g/mol. The summed E-state index contributed by atoms with van der Waals surface area (Å²) in [5.74, 6) is 0.0175. The van der Waals surface area contributed by atoms with Gasteiger partial charge in [0.05, 0.1) is 12.3 Å². The van der Waals surface area contributed by atoms with Gasteiger partial charge in [0, 0.05) is 5.57 Å². The lowest BCUT2D eigenvalue weighted by molar-refractivity contribution is -0.150. The molecule has 1 fully saturated rings. The Hall–Kier alpha value is -1.90. The molecule has 0 spiro atoms. The zero-order valence-corrected chi connectivity index (χ0v) is 15.4. The third-order valence-corrected chi connectivity index (χ3v) is 5.20. The summed E-state index contributed by atoms with van der Waals surface area (Å²) in [5.41, 5.74) is 2.80. The maximum atomic E-state index is 12.6. The predicted octanol–water partition coefficient (Wildman–Crippen LogP) is 4.56. The second kappa shape index (κ2) is 6.92. The molecule has 0 aromatic rings. The Morgan fingerprint density at radius 3 is 2.62 bits per heavy atom. The van der Waals surface area contributed by atoms with Gasteiger partial charge in [-0.25, -0.2) is 0 Å². The largest absolute Gasteiger partial charge is 0.457 e. The van der Waals surface area contributed by atoms with Gasteiger partial charge in [0.2, 0.25) is 0 Å². The van der Waals surface area contributed by atoms with Crippen molar-refractivity contribution in [3.05, 3.63) is 47.6 Å². The molecule has 0 aromatic carbocycles. The monoisotopic (exact) mass is 328 g/mol. The number of carbonyl (C=O) groups is 2. The highest BCUT2D eigenvalue weighted by Gasteiger charge is 2.61. The summed E-state index contributed by atoms with van der Waals surface area (Å²) < 4.78 is 5.71. The Labute approximate surface area is 145 Å². The molecule has 0 radical (unpaired) electrons. The van der Waals surface area contributed by atoms with Crippen LogP contribution in [0.5, 0.6) is 0 Å². The minimum atomic E-state index is -0.402. The van der Waals surface area contributed by atoms with E-state index in [1.165, 1.54) is 5.57 Å². The maximum absolute atomic E-state index is 12.6. The van der Waals surface area contributed by atoms with Crippen LogP contribution < -0.4 is 0 Å². The lowest BCUT2D eigenvalue weighted by Gasteiger charge is -2.13. The molecule has 130 valence electrons. The van der Waals surface area contributed by atoms with Crippen molar-refractivity contribution < 1.29 is 14.3 Å². The molecule has 0 saturated heterocycles. The third-order valence-electron chi connectivity index (χ3n) is 5.20. The van der Waals surface area contributed by atoms with Gasteiger partial charge in [-0.05, 0) is 44.1 Å². The van der Waals surface area contributed by atoms with E-state index in [1.54, 1.807) is 6.08 Å². The molecule has 0 N–H and O–H groups in total. The smallest absolute Gasteiger partial charge is 0.310 e. The topological polar surface area (TPSA) is 43.4 Å². The highest BCUT2D eigenvalue weighted by Crippen LogP contribution is 2.60. The van der Waals surface area contributed by atoms with Crippen molar-refractivity contribution in [2.45, 2.75) is 53.6 Å². The van der Waals surface area contributed by atoms with Crippen LogP contribution in [0.4, 0.5) is 0 Å².